The number of carbonyl (C=O) groups excluding carboxylic acids is 2. The Hall–Kier alpha value is -2.69. The highest BCUT2D eigenvalue weighted by Crippen LogP contribution is 2.33. The molecule has 2 aromatic rings. The van der Waals surface area contributed by atoms with E-state index >= 15 is 0 Å². The molecular formula is C20H21FIN3O4. The SMILES string of the molecule is CCOc1cc(C=NNC(=O)CCC(=O)Nc2ccccc2F)cc(I)c1OC. The lowest BCUT2D eigenvalue weighted by atomic mass is 10.2. The van der Waals surface area contributed by atoms with Crippen molar-refractivity contribution in [2.75, 3.05) is 19.0 Å². The Bertz CT molecular complexity index is 905. The summed E-state index contributed by atoms with van der Waals surface area (Å²) < 4.78 is 25.2. The van der Waals surface area contributed by atoms with Gasteiger partial charge in [0.05, 0.1) is 29.2 Å². The number of carbonyl (C=O) groups is 2. The third-order valence-corrected chi connectivity index (χ3v) is 4.47. The normalized spacial score (nSPS) is 10.6. The van der Waals surface area contributed by atoms with E-state index in [1.807, 2.05) is 13.0 Å². The van der Waals surface area contributed by atoms with Gasteiger partial charge in [0.25, 0.3) is 0 Å². The summed E-state index contributed by atoms with van der Waals surface area (Å²) in [6.07, 6.45) is 1.30. The van der Waals surface area contributed by atoms with Crippen LogP contribution >= 0.6 is 22.6 Å². The molecule has 0 aliphatic rings. The number of hydrazone groups is 1. The van der Waals surface area contributed by atoms with Crippen molar-refractivity contribution in [1.29, 1.82) is 0 Å². The predicted molar refractivity (Wildman–Crippen MR) is 117 cm³/mol. The average Bonchev–Trinajstić information content (AvgIpc) is 2.68. The molecule has 2 N–H and O–H groups in total. The molecule has 7 nitrogen and oxygen atoms in total. The summed E-state index contributed by atoms with van der Waals surface area (Å²) in [4.78, 5) is 23.7. The number of halogens is 2. The largest absolute Gasteiger partial charge is 0.492 e. The second-order valence-corrected chi connectivity index (χ2v) is 6.95. The van der Waals surface area contributed by atoms with Crippen LogP contribution < -0.4 is 20.2 Å². The minimum absolute atomic E-state index is 0.0788. The van der Waals surface area contributed by atoms with Crippen molar-refractivity contribution in [2.45, 2.75) is 19.8 Å². The maximum atomic E-state index is 13.5. The Morgan fingerprint density at radius 2 is 1.93 bits per heavy atom. The molecule has 0 bridgehead atoms. The molecule has 0 saturated heterocycles. The number of hydrogen-bond acceptors (Lipinski definition) is 5. The molecule has 0 atom stereocenters. The maximum absolute atomic E-state index is 13.5. The van der Waals surface area contributed by atoms with Crippen LogP contribution in [0.25, 0.3) is 0 Å². The van der Waals surface area contributed by atoms with E-state index in [4.69, 9.17) is 9.47 Å². The monoisotopic (exact) mass is 513 g/mol. The summed E-state index contributed by atoms with van der Waals surface area (Å²) in [6, 6.07) is 9.41. The highest BCUT2D eigenvalue weighted by Gasteiger charge is 2.11. The Balaban J connectivity index is 1.86. The topological polar surface area (TPSA) is 89.0 Å². The summed E-state index contributed by atoms with van der Waals surface area (Å²) in [6.45, 7) is 2.36. The number of anilines is 1. The van der Waals surface area contributed by atoms with E-state index in [9.17, 15) is 14.0 Å². The van der Waals surface area contributed by atoms with Crippen molar-refractivity contribution >= 4 is 46.3 Å². The predicted octanol–water partition coefficient (Wildman–Crippen LogP) is 3.71. The van der Waals surface area contributed by atoms with Crippen LogP contribution in [0.4, 0.5) is 10.1 Å². The van der Waals surface area contributed by atoms with E-state index in [0.29, 0.717) is 18.1 Å². The fraction of sp³-hybridized carbons (Fsp3) is 0.250. The number of hydrogen-bond donors (Lipinski definition) is 2. The first-order valence-corrected chi connectivity index (χ1v) is 9.89. The van der Waals surface area contributed by atoms with Crippen LogP contribution in [0.15, 0.2) is 41.5 Å². The number of rotatable bonds is 9. The highest BCUT2D eigenvalue weighted by molar-refractivity contribution is 14.1. The average molecular weight is 513 g/mol. The summed E-state index contributed by atoms with van der Waals surface area (Å²) in [5.41, 5.74) is 3.16. The van der Waals surface area contributed by atoms with Gasteiger partial charge in [-0.05, 0) is 59.3 Å². The van der Waals surface area contributed by atoms with E-state index in [0.717, 1.165) is 9.13 Å². The van der Waals surface area contributed by atoms with Gasteiger partial charge in [0.15, 0.2) is 11.5 Å². The summed E-state index contributed by atoms with van der Waals surface area (Å²) >= 11 is 2.12. The van der Waals surface area contributed by atoms with Gasteiger partial charge in [0, 0.05) is 12.8 Å². The Labute approximate surface area is 181 Å². The van der Waals surface area contributed by atoms with Crippen LogP contribution in [-0.2, 0) is 9.59 Å². The fourth-order valence-electron chi connectivity index (χ4n) is 2.36. The molecule has 0 aliphatic heterocycles. The zero-order valence-electron chi connectivity index (χ0n) is 16.0. The summed E-state index contributed by atoms with van der Waals surface area (Å²) in [5.74, 6) is -0.206. The molecule has 0 aliphatic carbocycles. The molecule has 2 amide bonds. The van der Waals surface area contributed by atoms with Gasteiger partial charge < -0.3 is 14.8 Å². The van der Waals surface area contributed by atoms with Crippen LogP contribution in [0.2, 0.25) is 0 Å². The smallest absolute Gasteiger partial charge is 0.240 e. The minimum atomic E-state index is -0.532. The molecule has 0 saturated carbocycles. The molecule has 2 rings (SSSR count). The third kappa shape index (κ3) is 7.00. The Kier molecular flexibility index (Phi) is 8.84. The van der Waals surface area contributed by atoms with Crippen molar-refractivity contribution < 1.29 is 23.5 Å². The second-order valence-electron chi connectivity index (χ2n) is 5.79. The number of nitrogens with zero attached hydrogens (tertiary/aromatic N) is 1. The van der Waals surface area contributed by atoms with E-state index in [1.165, 1.54) is 24.4 Å². The van der Waals surface area contributed by atoms with Crippen LogP contribution in [-0.4, -0.2) is 31.7 Å². The molecule has 0 fully saturated rings. The van der Waals surface area contributed by atoms with Gasteiger partial charge in [-0.15, -0.1) is 0 Å². The van der Waals surface area contributed by atoms with Crippen molar-refractivity contribution in [2.24, 2.45) is 5.10 Å². The van der Waals surface area contributed by atoms with Crippen LogP contribution in [0, 0.1) is 9.39 Å². The summed E-state index contributed by atoms with van der Waals surface area (Å²) in [5, 5.41) is 6.32. The van der Waals surface area contributed by atoms with Gasteiger partial charge in [-0.1, -0.05) is 12.1 Å². The maximum Gasteiger partial charge on any atom is 0.240 e. The lowest BCUT2D eigenvalue weighted by Gasteiger charge is -2.11. The highest BCUT2D eigenvalue weighted by atomic mass is 127. The van der Waals surface area contributed by atoms with Crippen LogP contribution in [0.3, 0.4) is 0 Å². The minimum Gasteiger partial charge on any atom is -0.492 e. The van der Waals surface area contributed by atoms with Crippen molar-refractivity contribution in [1.82, 2.24) is 5.43 Å². The number of nitrogens with one attached hydrogen (secondary N) is 2. The standard InChI is InChI=1S/C20H21FIN3O4/c1-3-29-17-11-13(10-15(22)20(17)28-2)12-23-25-19(27)9-8-18(26)24-16-7-5-4-6-14(16)21/h4-7,10-12H,3,8-9H2,1-2H3,(H,24,26)(H,25,27). The molecular weight excluding hydrogens is 492 g/mol. The summed E-state index contributed by atoms with van der Waals surface area (Å²) in [7, 11) is 1.57. The van der Waals surface area contributed by atoms with Crippen LogP contribution in [0.1, 0.15) is 25.3 Å². The molecule has 9 heteroatoms. The lowest BCUT2D eigenvalue weighted by Crippen LogP contribution is -2.21. The third-order valence-electron chi connectivity index (χ3n) is 3.67. The number of ether oxygens (including phenoxy) is 2. The Morgan fingerprint density at radius 1 is 1.21 bits per heavy atom. The van der Waals surface area contributed by atoms with Gasteiger partial charge in [-0.3, -0.25) is 9.59 Å². The second kappa shape index (κ2) is 11.3. The first kappa shape index (κ1) is 22.6. The van der Waals surface area contributed by atoms with Crippen molar-refractivity contribution in [3.05, 3.63) is 51.3 Å². The number of methoxy groups -OCH3 is 1. The van der Waals surface area contributed by atoms with Gasteiger partial charge >= 0.3 is 0 Å². The van der Waals surface area contributed by atoms with Crippen molar-refractivity contribution in [3.8, 4) is 11.5 Å². The lowest BCUT2D eigenvalue weighted by molar-refractivity contribution is -0.124. The Morgan fingerprint density at radius 3 is 2.62 bits per heavy atom. The van der Waals surface area contributed by atoms with Gasteiger partial charge in [-0.2, -0.15) is 5.10 Å². The first-order chi connectivity index (χ1) is 13.9. The van der Waals surface area contributed by atoms with E-state index in [2.05, 4.69) is 38.4 Å². The zero-order chi connectivity index (χ0) is 21.2. The number of para-hydroxylation sites is 1. The van der Waals surface area contributed by atoms with Crippen LogP contribution in [0.5, 0.6) is 11.5 Å². The number of amides is 2. The molecule has 2 aromatic carbocycles. The molecule has 154 valence electrons. The molecule has 29 heavy (non-hydrogen) atoms. The first-order valence-electron chi connectivity index (χ1n) is 8.81. The van der Waals surface area contributed by atoms with Crippen molar-refractivity contribution in [3.63, 3.8) is 0 Å². The molecule has 0 spiro atoms. The fourth-order valence-corrected chi connectivity index (χ4v) is 3.21. The molecule has 0 aromatic heterocycles. The van der Waals surface area contributed by atoms with E-state index in [-0.39, 0.29) is 18.5 Å². The molecule has 0 radical (unpaired) electrons. The van der Waals surface area contributed by atoms with Gasteiger partial charge in [0.2, 0.25) is 11.8 Å². The van der Waals surface area contributed by atoms with E-state index < -0.39 is 17.6 Å². The van der Waals surface area contributed by atoms with Gasteiger partial charge in [0.1, 0.15) is 5.82 Å². The molecule has 0 unspecified atom stereocenters. The number of benzene rings is 2. The van der Waals surface area contributed by atoms with Gasteiger partial charge in [-0.25, -0.2) is 9.82 Å². The quantitative estimate of drug-likeness (QED) is 0.304. The zero-order valence-corrected chi connectivity index (χ0v) is 18.2. The van der Waals surface area contributed by atoms with E-state index in [1.54, 1.807) is 19.2 Å². The molecule has 0 heterocycles.